The van der Waals surface area contributed by atoms with Crippen molar-refractivity contribution in [3.05, 3.63) is 24.1 Å². The van der Waals surface area contributed by atoms with Gasteiger partial charge in [0.15, 0.2) is 5.83 Å². The van der Waals surface area contributed by atoms with Crippen molar-refractivity contribution >= 4 is 11.9 Å². The van der Waals surface area contributed by atoms with E-state index in [1.807, 2.05) is 0 Å². The summed E-state index contributed by atoms with van der Waals surface area (Å²) >= 11 is 0. The van der Waals surface area contributed by atoms with Crippen molar-refractivity contribution in [1.29, 1.82) is 0 Å². The molecule has 3 fully saturated rings. The Morgan fingerprint density at radius 2 is 1.85 bits per heavy atom. The van der Waals surface area contributed by atoms with Crippen molar-refractivity contribution < 1.29 is 18.7 Å². The molecule has 0 spiro atoms. The molecule has 33 heavy (non-hydrogen) atoms. The Labute approximate surface area is 199 Å². The highest BCUT2D eigenvalue weighted by Crippen LogP contribution is 2.66. The summed E-state index contributed by atoms with van der Waals surface area (Å²) in [6.45, 7) is 12.5. The smallest absolute Gasteiger partial charge is 0.302 e. The van der Waals surface area contributed by atoms with Gasteiger partial charge in [0.05, 0.1) is 0 Å². The summed E-state index contributed by atoms with van der Waals surface area (Å²) in [6, 6.07) is 0. The fourth-order valence-corrected chi connectivity index (χ4v) is 8.64. The molecule has 0 aromatic carbocycles. The first-order valence-electron chi connectivity index (χ1n) is 12.9. The number of halogens is 1. The van der Waals surface area contributed by atoms with Gasteiger partial charge in [0.25, 0.3) is 5.91 Å². The quantitative estimate of drug-likeness (QED) is 0.285. The fraction of sp³-hybridized carbons (Fsp3) is 0.786. The molecule has 0 heterocycles. The highest BCUT2D eigenvalue weighted by Gasteiger charge is 2.58. The minimum Gasteiger partial charge on any atom is -0.463 e. The summed E-state index contributed by atoms with van der Waals surface area (Å²) in [5.41, 5.74) is 2.25. The number of hydrogen-bond acceptors (Lipinski definition) is 3. The Morgan fingerprint density at radius 3 is 2.52 bits per heavy atom. The van der Waals surface area contributed by atoms with Crippen molar-refractivity contribution in [3.63, 3.8) is 0 Å². The van der Waals surface area contributed by atoms with E-state index >= 15 is 0 Å². The van der Waals surface area contributed by atoms with Crippen LogP contribution in [0.15, 0.2) is 24.1 Å². The lowest BCUT2D eigenvalue weighted by atomic mass is 9.47. The Morgan fingerprint density at radius 1 is 1.18 bits per heavy atom. The third kappa shape index (κ3) is 4.18. The Bertz CT molecular complexity index is 852. The Kier molecular flexibility index (Phi) is 6.56. The minimum atomic E-state index is -0.876. The topological polar surface area (TPSA) is 46.6 Å². The van der Waals surface area contributed by atoms with Crippen LogP contribution in [0.1, 0.15) is 79.1 Å². The fourth-order valence-electron chi connectivity index (χ4n) is 8.64. The molecule has 5 heteroatoms. The summed E-state index contributed by atoms with van der Waals surface area (Å²) in [6.07, 6.45) is 11.7. The largest absolute Gasteiger partial charge is 0.463 e. The zero-order chi connectivity index (χ0) is 24.1. The number of likely N-dealkylation sites (N-methyl/N-ethyl adjacent to an activating group) is 1. The lowest BCUT2D eigenvalue weighted by molar-refractivity contribution is -0.152. The molecular formula is C28H42FNO3. The molecule has 0 N–H and O–H groups in total. The summed E-state index contributed by atoms with van der Waals surface area (Å²) < 4.78 is 18.9. The molecule has 4 aliphatic carbocycles. The van der Waals surface area contributed by atoms with Gasteiger partial charge in [-0.2, -0.15) is 0 Å². The second-order valence-corrected chi connectivity index (χ2v) is 12.0. The van der Waals surface area contributed by atoms with Crippen LogP contribution >= 0.6 is 0 Å². The van der Waals surface area contributed by atoms with E-state index in [2.05, 4.69) is 33.4 Å². The first-order valence-corrected chi connectivity index (χ1v) is 12.9. The number of ether oxygens (including phenoxy) is 1. The number of carbonyl (C=O) groups excluding carboxylic acids is 2. The van der Waals surface area contributed by atoms with Gasteiger partial charge in [-0.15, -0.1) is 0 Å². The number of amides is 1. The maximum Gasteiger partial charge on any atom is 0.302 e. The monoisotopic (exact) mass is 459 g/mol. The first-order chi connectivity index (χ1) is 15.5. The molecule has 4 aliphatic rings. The van der Waals surface area contributed by atoms with Gasteiger partial charge in [0, 0.05) is 20.5 Å². The van der Waals surface area contributed by atoms with Crippen LogP contribution in [-0.2, 0) is 14.3 Å². The average Bonchev–Trinajstić information content (AvgIpc) is 3.10. The van der Waals surface area contributed by atoms with Crippen LogP contribution in [0.25, 0.3) is 0 Å². The lowest BCUT2D eigenvalue weighted by Crippen LogP contribution is -2.50. The van der Waals surface area contributed by atoms with Crippen molar-refractivity contribution in [2.24, 2.45) is 40.4 Å². The highest BCUT2D eigenvalue weighted by molar-refractivity contribution is 5.90. The van der Waals surface area contributed by atoms with E-state index in [4.69, 9.17) is 4.74 Å². The maximum absolute atomic E-state index is 13.3. The predicted octanol–water partition coefficient (Wildman–Crippen LogP) is 6.07. The van der Waals surface area contributed by atoms with Crippen molar-refractivity contribution in [1.82, 2.24) is 4.90 Å². The van der Waals surface area contributed by atoms with E-state index in [0.29, 0.717) is 41.5 Å². The van der Waals surface area contributed by atoms with Crippen molar-refractivity contribution in [2.75, 3.05) is 13.6 Å². The van der Waals surface area contributed by atoms with Crippen LogP contribution < -0.4 is 0 Å². The van der Waals surface area contributed by atoms with Crippen LogP contribution in [0.4, 0.5) is 4.39 Å². The molecule has 184 valence electrons. The minimum absolute atomic E-state index is 0.0844. The van der Waals surface area contributed by atoms with Crippen LogP contribution in [0.5, 0.6) is 0 Å². The number of fused-ring (bicyclic) bond motifs is 5. The van der Waals surface area contributed by atoms with E-state index in [1.54, 1.807) is 12.6 Å². The molecule has 4 rings (SSSR count). The van der Waals surface area contributed by atoms with E-state index in [-0.39, 0.29) is 17.5 Å². The van der Waals surface area contributed by atoms with Gasteiger partial charge < -0.3 is 9.64 Å². The van der Waals surface area contributed by atoms with Gasteiger partial charge in [0.2, 0.25) is 0 Å². The van der Waals surface area contributed by atoms with E-state index in [1.165, 1.54) is 37.5 Å². The standard InChI is InChI=1S/C28H42FNO3/c1-17(16-30(6)26(32)18(2)29)23-9-10-24-22-8-7-20-15-21(33-19(3)31)11-13-27(20,4)25(22)12-14-28(23,24)5/h8,17,20-21,23-25H,2,7,9-16H2,1,3-6H3/t17?,20?,21?,23-,24+,25+,27+,28-/m1/s1. The van der Waals surface area contributed by atoms with Crippen LogP contribution in [0, 0.1) is 40.4 Å². The molecule has 4 nitrogen and oxygen atoms in total. The van der Waals surface area contributed by atoms with Gasteiger partial charge in [-0.3, -0.25) is 9.59 Å². The zero-order valence-electron chi connectivity index (χ0n) is 21.2. The summed E-state index contributed by atoms with van der Waals surface area (Å²) in [5.74, 6) is 1.10. The summed E-state index contributed by atoms with van der Waals surface area (Å²) in [4.78, 5) is 25.0. The first kappa shape index (κ1) is 24.5. The number of carbonyl (C=O) groups is 2. The SMILES string of the molecule is C=C(F)C(=O)N(C)CC(C)[C@H]1CC[C@H]2C3=CCC4CC(OC(C)=O)CC[C@]4(C)[C@H]3CC[C@]12C. The average molecular weight is 460 g/mol. The van der Waals surface area contributed by atoms with Crippen LogP contribution in [0.3, 0.4) is 0 Å². The number of esters is 1. The lowest BCUT2D eigenvalue weighted by Gasteiger charge is -2.58. The molecule has 3 saturated carbocycles. The number of allylic oxidation sites excluding steroid dienone is 2. The summed E-state index contributed by atoms with van der Waals surface area (Å²) in [5, 5.41) is 0. The molecule has 0 aromatic heterocycles. The molecule has 0 aromatic rings. The van der Waals surface area contributed by atoms with Crippen molar-refractivity contribution in [2.45, 2.75) is 85.2 Å². The molecule has 0 saturated heterocycles. The van der Waals surface area contributed by atoms with Gasteiger partial charge in [-0.05, 0) is 91.8 Å². The molecular weight excluding hydrogens is 417 g/mol. The maximum atomic E-state index is 13.3. The van der Waals surface area contributed by atoms with Crippen molar-refractivity contribution in [3.8, 4) is 0 Å². The van der Waals surface area contributed by atoms with Crippen LogP contribution in [-0.4, -0.2) is 36.5 Å². The van der Waals surface area contributed by atoms with Gasteiger partial charge >= 0.3 is 5.97 Å². The molecule has 8 atom stereocenters. The third-order valence-electron chi connectivity index (χ3n) is 10.3. The van der Waals surface area contributed by atoms with Gasteiger partial charge in [0.1, 0.15) is 6.10 Å². The van der Waals surface area contributed by atoms with Gasteiger partial charge in [-0.25, -0.2) is 4.39 Å². The number of hydrogen-bond donors (Lipinski definition) is 0. The molecule has 1 amide bonds. The van der Waals surface area contributed by atoms with E-state index < -0.39 is 11.7 Å². The third-order valence-corrected chi connectivity index (χ3v) is 10.3. The second kappa shape index (κ2) is 8.85. The molecule has 3 unspecified atom stereocenters. The van der Waals surface area contributed by atoms with E-state index in [0.717, 1.165) is 25.7 Å². The Balaban J connectivity index is 1.49. The number of nitrogens with zero attached hydrogens (tertiary/aromatic N) is 1. The molecule has 0 radical (unpaired) electrons. The predicted molar refractivity (Wildman–Crippen MR) is 128 cm³/mol. The zero-order valence-corrected chi connectivity index (χ0v) is 21.2. The second-order valence-electron chi connectivity index (χ2n) is 12.0. The summed E-state index contributed by atoms with van der Waals surface area (Å²) in [7, 11) is 1.69. The van der Waals surface area contributed by atoms with E-state index in [9.17, 15) is 14.0 Å². The highest BCUT2D eigenvalue weighted by atomic mass is 19.1. The number of rotatable bonds is 5. The van der Waals surface area contributed by atoms with Crippen LogP contribution in [0.2, 0.25) is 0 Å². The normalized spacial score (nSPS) is 40.5. The van der Waals surface area contributed by atoms with Gasteiger partial charge in [-0.1, -0.05) is 39.0 Å². The molecule has 0 bridgehead atoms. The molecule has 0 aliphatic heterocycles. The Hall–Kier alpha value is -1.65.